The lowest BCUT2D eigenvalue weighted by atomic mass is 10.3. The molecule has 0 saturated heterocycles. The number of esters is 1. The second kappa shape index (κ2) is 13.1. The lowest BCUT2D eigenvalue weighted by molar-refractivity contribution is -0.138. The third-order valence-electron chi connectivity index (χ3n) is 3.12. The van der Waals surface area contributed by atoms with Gasteiger partial charge in [0.05, 0.1) is 37.4 Å². The Labute approximate surface area is 187 Å². The van der Waals surface area contributed by atoms with Crippen LogP contribution in [-0.4, -0.2) is 42.8 Å². The number of azo groups is 1. The third-order valence-corrected chi connectivity index (χ3v) is 8.52. The van der Waals surface area contributed by atoms with Gasteiger partial charge in [-0.05, 0) is 70.7 Å². The molecule has 0 saturated carbocycles. The zero-order valence-electron chi connectivity index (χ0n) is 18.0. The Morgan fingerprint density at radius 1 is 1.17 bits per heavy atom. The van der Waals surface area contributed by atoms with Crippen LogP contribution in [0.1, 0.15) is 34.6 Å². The van der Waals surface area contributed by atoms with Gasteiger partial charge in [0.25, 0.3) is 0 Å². The maximum Gasteiger partial charge on any atom is 0.362 e. The summed E-state index contributed by atoms with van der Waals surface area (Å²) in [6, 6.07) is 6.76. The number of rotatable bonds is 12. The lowest BCUT2D eigenvalue weighted by Gasteiger charge is -2.25. The minimum absolute atomic E-state index is 0.0352. The zero-order chi connectivity index (χ0) is 22.7. The van der Waals surface area contributed by atoms with Crippen LogP contribution in [0, 0.1) is 0 Å². The van der Waals surface area contributed by atoms with Gasteiger partial charge >= 0.3 is 5.97 Å². The summed E-state index contributed by atoms with van der Waals surface area (Å²) < 4.78 is 21.7. The molecule has 0 amide bonds. The summed E-state index contributed by atoms with van der Waals surface area (Å²) in [5, 5.41) is 18.5. The minimum atomic E-state index is -2.74. The molecule has 0 spiro atoms. The van der Waals surface area contributed by atoms with Gasteiger partial charge in [0.2, 0.25) is 11.4 Å². The molecule has 0 aliphatic heterocycles. The monoisotopic (exact) mass is 476 g/mol. The van der Waals surface area contributed by atoms with E-state index in [4.69, 9.17) is 30.3 Å². The molecule has 0 aliphatic rings. The molecule has 0 heterocycles. The van der Waals surface area contributed by atoms with Gasteiger partial charge in [0.15, 0.2) is 0 Å². The fourth-order valence-corrected chi connectivity index (χ4v) is 7.35. The zero-order valence-corrected chi connectivity index (χ0v) is 20.6. The van der Waals surface area contributed by atoms with E-state index >= 15 is 0 Å². The molecule has 168 valence electrons. The summed E-state index contributed by atoms with van der Waals surface area (Å²) in [5.41, 5.74) is -2.55. The van der Waals surface area contributed by atoms with Crippen molar-refractivity contribution in [3.8, 4) is 5.75 Å². The minimum Gasteiger partial charge on any atom is -0.509 e. The highest BCUT2D eigenvalue weighted by Crippen LogP contribution is 2.62. The van der Waals surface area contributed by atoms with Crippen molar-refractivity contribution in [3.63, 3.8) is 0 Å². The number of ether oxygens (including phenoxy) is 2. The van der Waals surface area contributed by atoms with Gasteiger partial charge in [-0.2, -0.15) is 5.11 Å². The van der Waals surface area contributed by atoms with Crippen molar-refractivity contribution in [2.45, 2.75) is 46.8 Å². The van der Waals surface area contributed by atoms with E-state index in [0.29, 0.717) is 11.4 Å². The first-order valence-electron chi connectivity index (χ1n) is 9.36. The molecule has 0 aliphatic carbocycles. The molecule has 0 bridgehead atoms. The predicted molar refractivity (Wildman–Crippen MR) is 123 cm³/mol. The lowest BCUT2D eigenvalue weighted by Crippen LogP contribution is -2.10. The van der Waals surface area contributed by atoms with Gasteiger partial charge in [-0.25, -0.2) is 4.79 Å². The van der Waals surface area contributed by atoms with Crippen molar-refractivity contribution in [2.24, 2.45) is 10.2 Å². The largest absolute Gasteiger partial charge is 0.509 e. The van der Waals surface area contributed by atoms with Crippen LogP contribution in [0.15, 0.2) is 46.0 Å². The maximum atomic E-state index is 12.3. The van der Waals surface area contributed by atoms with Crippen molar-refractivity contribution in [1.82, 2.24) is 0 Å². The fraction of sp³-hybridized carbons (Fsp3) is 0.526. The molecule has 0 unspecified atom stereocenters. The number of aliphatic hydroxyl groups excluding tert-OH is 1. The highest BCUT2D eigenvalue weighted by Gasteiger charge is 2.26. The van der Waals surface area contributed by atoms with E-state index in [-0.39, 0.29) is 36.0 Å². The molecule has 0 fully saturated rings. The summed E-state index contributed by atoms with van der Waals surface area (Å²) in [4.78, 5) is 12.3. The molecule has 1 aromatic rings. The molecule has 0 aromatic heterocycles. The molecule has 0 atom stereocenters. The highest BCUT2D eigenvalue weighted by atomic mass is 32.9. The molecular formula is C19H29N2O6PS2. The third kappa shape index (κ3) is 9.57. The molecule has 0 radical (unpaired) electrons. The second-order valence-corrected chi connectivity index (χ2v) is 12.7. The van der Waals surface area contributed by atoms with Crippen LogP contribution >= 0.6 is 17.1 Å². The average molecular weight is 477 g/mol. The van der Waals surface area contributed by atoms with E-state index in [9.17, 15) is 9.90 Å². The number of carbonyl (C=O) groups excluding carboxylic acids is 1. The van der Waals surface area contributed by atoms with Gasteiger partial charge in [-0.1, -0.05) is 11.4 Å². The summed E-state index contributed by atoms with van der Waals surface area (Å²) in [6.07, 6.45) is -0.292. The quantitative estimate of drug-likeness (QED) is 0.130. The van der Waals surface area contributed by atoms with Crippen LogP contribution in [0.4, 0.5) is 5.69 Å². The number of methoxy groups -OCH3 is 1. The van der Waals surface area contributed by atoms with E-state index in [0.717, 1.165) is 11.4 Å². The summed E-state index contributed by atoms with van der Waals surface area (Å²) in [5.74, 6) is -0.470. The molecule has 8 nitrogen and oxygen atoms in total. The fourth-order valence-electron chi connectivity index (χ4n) is 1.98. The molecule has 30 heavy (non-hydrogen) atoms. The first kappa shape index (κ1) is 26.6. The molecule has 1 N–H and O–H groups in total. The smallest absolute Gasteiger partial charge is 0.362 e. The highest BCUT2D eigenvalue weighted by molar-refractivity contribution is 8.68. The number of hydrogen-bond donors (Lipinski definition) is 1. The predicted octanol–water partition coefficient (Wildman–Crippen LogP) is 5.92. The van der Waals surface area contributed by atoms with Gasteiger partial charge in [0, 0.05) is 0 Å². The molecule has 11 heteroatoms. The van der Waals surface area contributed by atoms with Crippen LogP contribution in [-0.2, 0) is 30.4 Å². The van der Waals surface area contributed by atoms with E-state index in [1.165, 1.54) is 0 Å². The van der Waals surface area contributed by atoms with E-state index < -0.39 is 11.7 Å². The van der Waals surface area contributed by atoms with Crippen molar-refractivity contribution in [1.29, 1.82) is 0 Å². The standard InChI is InChI=1S/C19H29N2O6PS2/c1-7-25-19(23)18(21-20-15-8-10-16(24-6)11-9-15)17(22)12-30-28(29,26-13(2)3)27-14(4)5/h8-11,13-14,22H,7,12H2,1-6H3/b18-17+,21-20?. The molecular weight excluding hydrogens is 447 g/mol. The van der Waals surface area contributed by atoms with E-state index in [1.54, 1.807) is 38.3 Å². The van der Waals surface area contributed by atoms with Gasteiger partial charge in [0.1, 0.15) is 11.5 Å². The van der Waals surface area contributed by atoms with Gasteiger partial charge in [-0.15, -0.1) is 5.11 Å². The first-order valence-corrected chi connectivity index (χ1v) is 13.6. The van der Waals surface area contributed by atoms with Crippen LogP contribution in [0.25, 0.3) is 0 Å². The van der Waals surface area contributed by atoms with Crippen LogP contribution in [0.5, 0.6) is 5.75 Å². The van der Waals surface area contributed by atoms with Gasteiger partial charge in [-0.3, -0.25) is 0 Å². The summed E-state index contributed by atoms with van der Waals surface area (Å²) >= 11 is 6.68. The topological polar surface area (TPSA) is 98.9 Å². The SMILES string of the molecule is CCOC(=O)/C(N=Nc1ccc(OC)cc1)=C(\O)CSP(=S)(OC(C)C)OC(C)C. The van der Waals surface area contributed by atoms with Crippen molar-refractivity contribution in [3.05, 3.63) is 35.7 Å². The number of carbonyl (C=O) groups is 1. The normalized spacial score (nSPS) is 13.1. The Kier molecular flexibility index (Phi) is 11.6. The number of benzene rings is 1. The molecule has 1 aromatic carbocycles. The van der Waals surface area contributed by atoms with Gasteiger partial charge < -0.3 is 23.6 Å². The Hall–Kier alpha value is -1.45. The van der Waals surface area contributed by atoms with Crippen LogP contribution < -0.4 is 4.74 Å². The Morgan fingerprint density at radius 2 is 1.73 bits per heavy atom. The molecule has 1 rings (SSSR count). The van der Waals surface area contributed by atoms with E-state index in [1.807, 2.05) is 27.7 Å². The Morgan fingerprint density at radius 3 is 2.20 bits per heavy atom. The Balaban J connectivity index is 3.09. The summed E-state index contributed by atoms with van der Waals surface area (Å²) in [7, 11) is 1.56. The van der Waals surface area contributed by atoms with Crippen LogP contribution in [0.3, 0.4) is 0 Å². The van der Waals surface area contributed by atoms with Crippen LogP contribution in [0.2, 0.25) is 0 Å². The number of aliphatic hydroxyl groups is 1. The Bertz CT molecular complexity index is 783. The van der Waals surface area contributed by atoms with E-state index in [2.05, 4.69) is 10.2 Å². The maximum absolute atomic E-state index is 12.3. The van der Waals surface area contributed by atoms with Crippen molar-refractivity contribution < 1.29 is 28.4 Å². The van der Waals surface area contributed by atoms with Crippen molar-refractivity contribution >= 4 is 40.5 Å². The average Bonchev–Trinajstić information content (AvgIpc) is 2.66. The van der Waals surface area contributed by atoms with Crippen molar-refractivity contribution in [2.75, 3.05) is 19.5 Å². The second-order valence-electron chi connectivity index (χ2n) is 6.44. The summed E-state index contributed by atoms with van der Waals surface area (Å²) in [6.45, 7) is 9.21. The number of hydrogen-bond acceptors (Lipinski definition) is 10. The number of nitrogens with zero attached hydrogens (tertiary/aromatic N) is 2. The first-order chi connectivity index (χ1) is 14.1.